The van der Waals surface area contributed by atoms with Gasteiger partial charge in [0.2, 0.25) is 11.7 Å². The molecular weight excluding hydrogens is 922 g/mol. The van der Waals surface area contributed by atoms with Crippen LogP contribution in [0.15, 0.2) is 96.2 Å². The number of non-ortho nitro benzene ring substituents is 1. The molecular formula is C57H78FN3O11. The highest BCUT2D eigenvalue weighted by Crippen LogP contribution is 2.62. The molecule has 2 aliphatic carbocycles. The van der Waals surface area contributed by atoms with Gasteiger partial charge >= 0.3 is 0 Å². The number of nitro groups is 1. The van der Waals surface area contributed by atoms with Gasteiger partial charge in [0.15, 0.2) is 0 Å². The second-order valence-electron chi connectivity index (χ2n) is 19.4. The highest BCUT2D eigenvalue weighted by molar-refractivity contribution is 6.03. The summed E-state index contributed by atoms with van der Waals surface area (Å²) in [6.45, 7) is 6.72. The van der Waals surface area contributed by atoms with E-state index in [1.54, 1.807) is 36.4 Å². The van der Waals surface area contributed by atoms with Crippen LogP contribution in [0.4, 0.5) is 10.1 Å². The fourth-order valence-electron chi connectivity index (χ4n) is 10.9. The number of hydrogen-bond acceptors (Lipinski definition) is 12. The molecule has 0 aromatic heterocycles. The van der Waals surface area contributed by atoms with Gasteiger partial charge in [-0.25, -0.2) is 4.39 Å². The Bertz CT molecular complexity index is 2220. The number of ether oxygens (including phenoxy) is 4. The van der Waals surface area contributed by atoms with Gasteiger partial charge in [0, 0.05) is 61.8 Å². The zero-order valence-electron chi connectivity index (χ0n) is 42.3. The molecule has 15 heteroatoms. The molecule has 0 spiro atoms. The number of rotatable bonds is 34. The molecule has 14 nitrogen and oxygen atoms in total. The fraction of sp³-hybridized carbons (Fsp3) is 0.579. The predicted molar refractivity (Wildman–Crippen MR) is 275 cm³/mol. The molecule has 72 heavy (non-hydrogen) atoms. The lowest BCUT2D eigenvalue weighted by Crippen LogP contribution is -2.70. The molecule has 6 rings (SSSR count). The summed E-state index contributed by atoms with van der Waals surface area (Å²) in [6, 6.07) is 17.5. The maximum absolute atomic E-state index is 15.0. The molecule has 3 aromatic carbocycles. The van der Waals surface area contributed by atoms with Crippen molar-refractivity contribution in [2.45, 2.75) is 147 Å². The number of carbonyl (C=O) groups is 1. The quantitative estimate of drug-likeness (QED) is 0.0224. The number of unbranched alkanes of at least 4 members (excludes halogenated alkanes) is 10. The minimum absolute atomic E-state index is 0.00102. The van der Waals surface area contributed by atoms with Crippen molar-refractivity contribution in [2.24, 2.45) is 22.9 Å². The van der Waals surface area contributed by atoms with Gasteiger partial charge < -0.3 is 44.0 Å². The van der Waals surface area contributed by atoms with Crippen molar-refractivity contribution >= 4 is 17.3 Å². The second kappa shape index (κ2) is 29.5. The first kappa shape index (κ1) is 56.1. The Morgan fingerprint density at radius 2 is 1.62 bits per heavy atom. The molecule has 0 saturated heterocycles. The number of aliphatic hydroxyl groups is 3. The molecule has 394 valence electrons. The van der Waals surface area contributed by atoms with E-state index in [4.69, 9.17) is 28.9 Å². The van der Waals surface area contributed by atoms with Crippen molar-refractivity contribution in [2.75, 3.05) is 46.2 Å². The van der Waals surface area contributed by atoms with E-state index in [0.717, 1.165) is 56.1 Å². The van der Waals surface area contributed by atoms with Gasteiger partial charge in [0.05, 0.1) is 43.0 Å². The van der Waals surface area contributed by atoms with Crippen LogP contribution in [-0.4, -0.2) is 94.8 Å². The third kappa shape index (κ3) is 15.0. The number of benzene rings is 3. The maximum atomic E-state index is 15.0. The molecule has 3 aromatic rings. The minimum Gasteiger partial charge on any atom is -0.489 e. The van der Waals surface area contributed by atoms with Gasteiger partial charge in [-0.2, -0.15) is 0 Å². The molecule has 6 unspecified atom stereocenters. The number of fused-ring (bicyclic) bond motifs is 2. The van der Waals surface area contributed by atoms with E-state index < -0.39 is 22.7 Å². The van der Waals surface area contributed by atoms with E-state index in [-0.39, 0.29) is 101 Å². The number of nitro benzene ring substituents is 1. The average molecular weight is 1000 g/mol. The lowest BCUT2D eigenvalue weighted by molar-refractivity contribution is -0.384. The smallest absolute Gasteiger partial charge is 0.269 e. The van der Waals surface area contributed by atoms with Crippen LogP contribution in [0.2, 0.25) is 0 Å². The first-order valence-corrected chi connectivity index (χ1v) is 26.5. The van der Waals surface area contributed by atoms with Gasteiger partial charge in [0.25, 0.3) is 5.69 Å². The summed E-state index contributed by atoms with van der Waals surface area (Å²) in [6.07, 6.45) is 18.5. The number of aliphatic hydroxyl groups excluding tert-OH is 3. The Kier molecular flexibility index (Phi) is 23.0. The van der Waals surface area contributed by atoms with Crippen molar-refractivity contribution in [1.82, 2.24) is 4.90 Å². The van der Waals surface area contributed by atoms with Crippen LogP contribution in [-0.2, 0) is 32.3 Å². The summed E-state index contributed by atoms with van der Waals surface area (Å²) < 4.78 is 41.6. The van der Waals surface area contributed by atoms with E-state index in [9.17, 15) is 29.8 Å². The van der Waals surface area contributed by atoms with Gasteiger partial charge in [-0.3, -0.25) is 14.9 Å². The molecule has 1 heterocycles. The normalized spacial score (nSPS) is 21.5. The van der Waals surface area contributed by atoms with Crippen molar-refractivity contribution in [3.05, 3.63) is 124 Å². The topological polar surface area (TPSA) is 183 Å². The molecule has 1 fully saturated rings. The Balaban J connectivity index is 1.49. The monoisotopic (exact) mass is 1000 g/mol. The summed E-state index contributed by atoms with van der Waals surface area (Å²) in [5.41, 5.74) is 3.37. The van der Waals surface area contributed by atoms with Crippen molar-refractivity contribution in [3.8, 4) is 11.5 Å². The van der Waals surface area contributed by atoms with Crippen molar-refractivity contribution in [1.29, 1.82) is 0 Å². The largest absolute Gasteiger partial charge is 0.489 e. The SMILES string of the molecule is C=CCOC12Oc3ccc(OCc4ccccc4F)cc3C3C(CCCCO)C(CCCCO)C=C(C(=NOCc4ccc([N+](=O)[O-])cc4)CC1N(CCOCCO)C(=O)CCCCCCCCCCC)C32. The zero-order chi connectivity index (χ0) is 51.1. The van der Waals surface area contributed by atoms with Crippen LogP contribution in [0, 0.1) is 33.7 Å². The third-order valence-corrected chi connectivity index (χ3v) is 14.5. The summed E-state index contributed by atoms with van der Waals surface area (Å²) in [7, 11) is 0. The van der Waals surface area contributed by atoms with Crippen LogP contribution >= 0.6 is 0 Å². The van der Waals surface area contributed by atoms with E-state index in [1.807, 2.05) is 23.1 Å². The Morgan fingerprint density at radius 3 is 2.32 bits per heavy atom. The van der Waals surface area contributed by atoms with Crippen LogP contribution in [0.1, 0.15) is 139 Å². The molecule has 1 saturated carbocycles. The summed E-state index contributed by atoms with van der Waals surface area (Å²) >= 11 is 0. The molecule has 0 radical (unpaired) electrons. The standard InChI is InChI=1S/C57H78FN3O11/c1-3-5-6-7-8-9-10-11-12-23-54(65)60(30-35-68-36-33-64)53-39-51(59-71-40-42-24-26-45(27-25-42)61(66)67)48-37-43(19-15-17-31-62)47(21-16-18-32-63)55-49-38-46(69-41-44-20-13-14-22-50(44)58)28-29-52(49)72-57(53,56(48)55)70-34-4-2/h4,13-14,20,22,24-29,37-38,43,47,53,55-56,62-64H,2-3,5-12,15-19,21,23,30-36,39-41H2,1H3. The summed E-state index contributed by atoms with van der Waals surface area (Å²) in [4.78, 5) is 34.1. The summed E-state index contributed by atoms with van der Waals surface area (Å²) in [5, 5.41) is 46.1. The first-order chi connectivity index (χ1) is 35.2. The van der Waals surface area contributed by atoms with Gasteiger partial charge in [-0.05, 0) is 91.5 Å². The van der Waals surface area contributed by atoms with Gasteiger partial charge in [-0.1, -0.05) is 107 Å². The number of nitrogens with zero attached hydrogens (tertiary/aromatic N) is 3. The highest BCUT2D eigenvalue weighted by Gasteiger charge is 2.65. The fourth-order valence-corrected chi connectivity index (χ4v) is 10.9. The molecule has 3 N–H and O–H groups in total. The second-order valence-corrected chi connectivity index (χ2v) is 19.4. The molecule has 1 amide bonds. The van der Waals surface area contributed by atoms with Crippen LogP contribution in [0.3, 0.4) is 0 Å². The van der Waals surface area contributed by atoms with Crippen LogP contribution in [0.5, 0.6) is 11.5 Å². The lowest BCUT2D eigenvalue weighted by Gasteiger charge is -2.60. The summed E-state index contributed by atoms with van der Waals surface area (Å²) in [5.74, 6) is -1.84. The Morgan fingerprint density at radius 1 is 0.903 bits per heavy atom. The number of allylic oxidation sites excluding steroid dienone is 1. The lowest BCUT2D eigenvalue weighted by atomic mass is 9.55. The Labute approximate surface area is 425 Å². The number of hydrogen-bond donors (Lipinski definition) is 3. The van der Waals surface area contributed by atoms with Gasteiger partial charge in [0.1, 0.15) is 36.6 Å². The maximum Gasteiger partial charge on any atom is 0.269 e. The van der Waals surface area contributed by atoms with E-state index in [0.29, 0.717) is 54.0 Å². The predicted octanol–water partition coefficient (Wildman–Crippen LogP) is 10.9. The van der Waals surface area contributed by atoms with Crippen molar-refractivity contribution in [3.63, 3.8) is 0 Å². The molecule has 6 atom stereocenters. The van der Waals surface area contributed by atoms with E-state index >= 15 is 4.79 Å². The zero-order valence-corrected chi connectivity index (χ0v) is 42.3. The van der Waals surface area contributed by atoms with E-state index in [1.165, 1.54) is 50.3 Å². The minimum atomic E-state index is -1.50. The van der Waals surface area contributed by atoms with Gasteiger partial charge in [-0.15, -0.1) is 6.58 Å². The van der Waals surface area contributed by atoms with Crippen LogP contribution in [0.25, 0.3) is 0 Å². The first-order valence-electron chi connectivity index (χ1n) is 26.5. The Hall–Kier alpha value is -5.19. The number of halogens is 1. The van der Waals surface area contributed by atoms with E-state index in [2.05, 4.69) is 19.6 Å². The third-order valence-electron chi connectivity index (χ3n) is 14.5. The van der Waals surface area contributed by atoms with Crippen LogP contribution < -0.4 is 9.47 Å². The van der Waals surface area contributed by atoms with Crippen molar-refractivity contribution < 1.29 is 53.2 Å². The molecule has 1 aliphatic heterocycles. The molecule has 3 aliphatic rings. The number of amides is 1. The molecule has 0 bridgehead atoms. The average Bonchev–Trinajstić information content (AvgIpc) is 3.38. The number of oxime groups is 1. The number of carbonyl (C=O) groups excluding carboxylic acids is 1. The highest BCUT2D eigenvalue weighted by atomic mass is 19.1.